The van der Waals surface area contributed by atoms with Crippen molar-refractivity contribution in [2.45, 2.75) is 61.3 Å². The summed E-state index contributed by atoms with van der Waals surface area (Å²) in [6.07, 6.45) is 10.3. The fraction of sp³-hybridized carbons (Fsp3) is 0.480. The van der Waals surface area contributed by atoms with Gasteiger partial charge in [-0.05, 0) is 56.1 Å². The van der Waals surface area contributed by atoms with Crippen LogP contribution in [0.15, 0.2) is 51.2 Å². The first-order valence-electron chi connectivity index (χ1n) is 10.8. The van der Waals surface area contributed by atoms with Crippen molar-refractivity contribution in [1.29, 1.82) is 0 Å². The van der Waals surface area contributed by atoms with Gasteiger partial charge in [0.2, 0.25) is 0 Å². The molecule has 1 aliphatic heterocycles. The third kappa shape index (κ3) is 5.86. The van der Waals surface area contributed by atoms with Crippen molar-refractivity contribution >= 4 is 29.2 Å². The Morgan fingerprint density at radius 3 is 2.45 bits per heavy atom. The summed E-state index contributed by atoms with van der Waals surface area (Å²) >= 11 is 1.84. The molecule has 1 atom stereocenters. The standard InChI is InChI=1S/C25H35N3S/c1-6-7-8-9-10-11-20(27(2)3)16-19-12-14-22-24(17-19)29-25-18-21(28(4)5)13-15-23(25)26-22/h12-18,20H,6-11H2,1-5H3. The Hall–Kier alpha value is -1.78. The molecule has 0 radical (unpaired) electrons. The normalized spacial score (nSPS) is 14.3. The van der Waals surface area contributed by atoms with E-state index < -0.39 is 0 Å². The Morgan fingerprint density at radius 1 is 0.931 bits per heavy atom. The summed E-state index contributed by atoms with van der Waals surface area (Å²) in [6.45, 7) is 2.27. The number of fused-ring (bicyclic) bond motifs is 2. The largest absolute Gasteiger partial charge is 0.378 e. The van der Waals surface area contributed by atoms with Crippen LogP contribution in [0.25, 0.3) is 6.08 Å². The van der Waals surface area contributed by atoms with Gasteiger partial charge in [0.15, 0.2) is 0 Å². The van der Waals surface area contributed by atoms with Crippen LogP contribution >= 0.6 is 11.8 Å². The van der Waals surface area contributed by atoms with Crippen LogP contribution in [-0.4, -0.2) is 39.1 Å². The van der Waals surface area contributed by atoms with E-state index >= 15 is 0 Å². The highest BCUT2D eigenvalue weighted by Crippen LogP contribution is 2.38. The summed E-state index contributed by atoms with van der Waals surface area (Å²) in [7, 11) is 8.54. The third-order valence-corrected chi connectivity index (χ3v) is 6.65. The van der Waals surface area contributed by atoms with Crippen LogP contribution in [0.2, 0.25) is 0 Å². The molecule has 1 unspecified atom stereocenters. The van der Waals surface area contributed by atoms with Gasteiger partial charge in [-0.3, -0.25) is 0 Å². The van der Waals surface area contributed by atoms with Crippen LogP contribution in [0, 0.1) is 0 Å². The second-order valence-electron chi connectivity index (χ2n) is 8.39. The lowest BCUT2D eigenvalue weighted by Gasteiger charge is -2.21. The van der Waals surface area contributed by atoms with Gasteiger partial charge >= 0.3 is 0 Å². The van der Waals surface area contributed by atoms with E-state index in [0.717, 1.165) is 11.0 Å². The predicted molar refractivity (Wildman–Crippen MR) is 127 cm³/mol. The molecule has 0 aromatic heterocycles. The van der Waals surface area contributed by atoms with Crippen LogP contribution in [0.4, 0.5) is 11.4 Å². The maximum Gasteiger partial charge on any atom is 0.0778 e. The summed E-state index contributed by atoms with van der Waals surface area (Å²) in [5, 5.41) is 2.38. The van der Waals surface area contributed by atoms with E-state index in [-0.39, 0.29) is 0 Å². The molecule has 0 saturated heterocycles. The predicted octanol–water partition coefficient (Wildman–Crippen LogP) is 5.24. The molecule has 0 aliphatic carbocycles. The van der Waals surface area contributed by atoms with Crippen LogP contribution in [0.3, 0.4) is 0 Å². The highest BCUT2D eigenvalue weighted by Gasteiger charge is 2.13. The van der Waals surface area contributed by atoms with E-state index in [9.17, 15) is 0 Å². The average Bonchev–Trinajstić information content (AvgIpc) is 2.70. The van der Waals surface area contributed by atoms with Crippen molar-refractivity contribution in [1.82, 2.24) is 4.90 Å². The maximum absolute atomic E-state index is 4.88. The molecule has 0 bridgehead atoms. The number of anilines is 1. The molecule has 2 aromatic rings. The lowest BCUT2D eigenvalue weighted by atomic mass is 10.0. The molecule has 3 nitrogen and oxygen atoms in total. The van der Waals surface area contributed by atoms with Gasteiger partial charge < -0.3 is 9.80 Å². The van der Waals surface area contributed by atoms with Crippen LogP contribution in [0.1, 0.15) is 45.4 Å². The van der Waals surface area contributed by atoms with Gasteiger partial charge in [-0.2, -0.15) is 0 Å². The molecule has 3 rings (SSSR count). The number of hydrogen-bond donors (Lipinski definition) is 0. The Labute approximate surface area is 180 Å². The number of rotatable bonds is 9. The molecule has 0 amide bonds. The first-order valence-corrected chi connectivity index (χ1v) is 11.7. The van der Waals surface area contributed by atoms with E-state index in [0.29, 0.717) is 6.04 Å². The summed E-state index contributed by atoms with van der Waals surface area (Å²) < 4.78 is 0. The molecule has 0 fully saturated rings. The van der Waals surface area contributed by atoms with Gasteiger partial charge in [-0.25, -0.2) is 4.99 Å². The zero-order chi connectivity index (χ0) is 20.8. The van der Waals surface area contributed by atoms with Gasteiger partial charge in [0.1, 0.15) is 0 Å². The lowest BCUT2D eigenvalue weighted by molar-refractivity contribution is 0.333. The summed E-state index contributed by atoms with van der Waals surface area (Å²) in [5.41, 5.74) is 2.29. The van der Waals surface area contributed by atoms with Crippen LogP contribution in [0.5, 0.6) is 0 Å². The smallest absolute Gasteiger partial charge is 0.0778 e. The molecular formula is C25H35N3S. The van der Waals surface area contributed by atoms with Crippen molar-refractivity contribution in [2.75, 3.05) is 33.1 Å². The molecule has 0 N–H and O–H groups in total. The van der Waals surface area contributed by atoms with Gasteiger partial charge in [-0.1, -0.05) is 62.9 Å². The second kappa shape index (κ2) is 10.3. The number of unbranched alkanes of at least 4 members (excludes halogenated alkanes) is 4. The van der Waals surface area contributed by atoms with Crippen molar-refractivity contribution in [3.8, 4) is 0 Å². The Balaban J connectivity index is 1.80. The molecule has 2 aromatic carbocycles. The molecule has 29 heavy (non-hydrogen) atoms. The highest BCUT2D eigenvalue weighted by atomic mass is 32.2. The van der Waals surface area contributed by atoms with Gasteiger partial charge in [0.25, 0.3) is 0 Å². The minimum absolute atomic E-state index is 0.479. The Kier molecular flexibility index (Phi) is 7.79. The topological polar surface area (TPSA) is 18.8 Å². The van der Waals surface area contributed by atoms with Crippen molar-refractivity contribution in [3.05, 3.63) is 47.0 Å². The number of nitrogens with zero attached hydrogens (tertiary/aromatic N) is 3. The van der Waals surface area contributed by atoms with Crippen LogP contribution in [-0.2, 0) is 0 Å². The molecule has 0 saturated carbocycles. The first kappa shape index (κ1) is 21.9. The van der Waals surface area contributed by atoms with E-state index in [2.05, 4.69) is 87.4 Å². The minimum Gasteiger partial charge on any atom is -0.378 e. The highest BCUT2D eigenvalue weighted by molar-refractivity contribution is 7.99. The van der Waals surface area contributed by atoms with Crippen LogP contribution < -0.4 is 15.5 Å². The molecule has 156 valence electrons. The number of benzene rings is 2. The van der Waals surface area contributed by atoms with Crippen molar-refractivity contribution in [3.63, 3.8) is 0 Å². The Bertz CT molecular complexity index is 934. The maximum atomic E-state index is 4.88. The second-order valence-corrected chi connectivity index (χ2v) is 9.47. The van der Waals surface area contributed by atoms with Gasteiger partial charge in [0, 0.05) is 35.6 Å². The summed E-state index contributed by atoms with van der Waals surface area (Å²) in [6, 6.07) is 13.7. The SMILES string of the molecule is CCCCCCCC(C=c1ccc2c(c1)Sc1cc(N(C)C)ccc1N=2)N(C)C. The molecular weight excluding hydrogens is 374 g/mol. The number of hydrogen-bond acceptors (Lipinski definition) is 4. The van der Waals surface area contributed by atoms with E-state index in [1.807, 2.05) is 11.8 Å². The van der Waals surface area contributed by atoms with Gasteiger partial charge in [0.05, 0.1) is 11.0 Å². The quantitative estimate of drug-likeness (QED) is 0.450. The summed E-state index contributed by atoms with van der Waals surface area (Å²) in [4.78, 5) is 11.9. The lowest BCUT2D eigenvalue weighted by Crippen LogP contribution is -2.28. The average molecular weight is 410 g/mol. The fourth-order valence-corrected chi connectivity index (χ4v) is 4.73. The summed E-state index contributed by atoms with van der Waals surface area (Å²) in [5.74, 6) is 0. The zero-order valence-corrected chi connectivity index (χ0v) is 19.4. The third-order valence-electron chi connectivity index (χ3n) is 5.56. The van der Waals surface area contributed by atoms with E-state index in [1.165, 1.54) is 59.2 Å². The first-order chi connectivity index (χ1) is 14.0. The molecule has 4 heteroatoms. The van der Waals surface area contributed by atoms with Crippen molar-refractivity contribution < 1.29 is 0 Å². The zero-order valence-electron chi connectivity index (χ0n) is 18.6. The monoisotopic (exact) mass is 409 g/mol. The van der Waals surface area contributed by atoms with E-state index in [1.54, 1.807) is 0 Å². The molecule has 1 aliphatic rings. The molecule has 0 spiro atoms. The van der Waals surface area contributed by atoms with E-state index in [4.69, 9.17) is 4.99 Å². The van der Waals surface area contributed by atoms with Gasteiger partial charge in [-0.15, -0.1) is 0 Å². The minimum atomic E-state index is 0.479. The molecule has 1 heterocycles. The fourth-order valence-electron chi connectivity index (χ4n) is 3.68. The Morgan fingerprint density at radius 2 is 1.72 bits per heavy atom. The van der Waals surface area contributed by atoms with Crippen molar-refractivity contribution in [2.24, 2.45) is 4.99 Å².